The monoisotopic (exact) mass is 322 g/mol. The van der Waals surface area contributed by atoms with Crippen molar-refractivity contribution in [3.63, 3.8) is 0 Å². The van der Waals surface area contributed by atoms with Gasteiger partial charge >= 0.3 is 0 Å². The molecule has 0 unspecified atom stereocenters. The van der Waals surface area contributed by atoms with Gasteiger partial charge in [0.1, 0.15) is 0 Å². The summed E-state index contributed by atoms with van der Waals surface area (Å²) in [5.41, 5.74) is 0.897. The van der Waals surface area contributed by atoms with Crippen molar-refractivity contribution in [2.75, 3.05) is 20.1 Å². The van der Waals surface area contributed by atoms with Crippen LogP contribution in [-0.2, 0) is 10.0 Å². The van der Waals surface area contributed by atoms with E-state index in [1.165, 1.54) is 9.71 Å². The number of hydrogen-bond donors (Lipinski definition) is 0. The Labute approximate surface area is 134 Å². The molecule has 0 aromatic heterocycles. The zero-order chi connectivity index (χ0) is 16.2. The van der Waals surface area contributed by atoms with E-state index in [0.29, 0.717) is 6.04 Å². The Morgan fingerprint density at radius 3 is 2.59 bits per heavy atom. The normalized spacial score (nSPS) is 24.2. The van der Waals surface area contributed by atoms with Gasteiger partial charge in [-0.1, -0.05) is 37.3 Å². The molecule has 0 spiro atoms. The molecule has 4 nitrogen and oxygen atoms in total. The Morgan fingerprint density at radius 1 is 1.32 bits per heavy atom. The van der Waals surface area contributed by atoms with Gasteiger partial charge in [-0.15, -0.1) is 0 Å². The third kappa shape index (κ3) is 4.18. The van der Waals surface area contributed by atoms with E-state index in [9.17, 15) is 8.42 Å². The maximum absolute atomic E-state index is 12.5. The van der Waals surface area contributed by atoms with Gasteiger partial charge in [-0.25, -0.2) is 8.42 Å². The molecule has 122 valence electrons. The average molecular weight is 322 g/mol. The number of piperidine rings is 1. The number of nitrogens with zero attached hydrogens (tertiary/aromatic N) is 2. The Balaban J connectivity index is 2.05. The molecule has 0 aliphatic carbocycles. The second-order valence-electron chi connectivity index (χ2n) is 5.93. The van der Waals surface area contributed by atoms with Crippen molar-refractivity contribution >= 4 is 16.1 Å². The van der Waals surface area contributed by atoms with Crippen LogP contribution in [-0.4, -0.2) is 49.8 Å². The fourth-order valence-electron chi connectivity index (χ4n) is 3.03. The van der Waals surface area contributed by atoms with Gasteiger partial charge in [0.2, 0.25) is 10.0 Å². The summed E-state index contributed by atoms with van der Waals surface area (Å²) in [7, 11) is -1.67. The maximum atomic E-state index is 12.5. The first-order valence-corrected chi connectivity index (χ1v) is 9.39. The summed E-state index contributed by atoms with van der Waals surface area (Å²) in [6.45, 7) is 6.32. The van der Waals surface area contributed by atoms with E-state index in [1.807, 2.05) is 30.3 Å². The van der Waals surface area contributed by atoms with E-state index in [1.54, 1.807) is 13.1 Å². The molecular weight excluding hydrogens is 296 g/mol. The highest BCUT2D eigenvalue weighted by Crippen LogP contribution is 2.23. The third-order valence-corrected chi connectivity index (χ3v) is 6.12. The minimum atomic E-state index is -3.37. The first-order valence-electron chi connectivity index (χ1n) is 7.89. The van der Waals surface area contributed by atoms with Crippen molar-refractivity contribution in [1.29, 1.82) is 0 Å². The van der Waals surface area contributed by atoms with Crippen LogP contribution < -0.4 is 0 Å². The van der Waals surface area contributed by atoms with E-state index >= 15 is 0 Å². The fraction of sp³-hybridized carbons (Fsp3) is 0.529. The van der Waals surface area contributed by atoms with E-state index in [4.69, 9.17) is 0 Å². The molecule has 1 fully saturated rings. The number of hydrogen-bond acceptors (Lipinski definition) is 3. The summed E-state index contributed by atoms with van der Waals surface area (Å²) in [6, 6.07) is 10.0. The molecule has 0 N–H and O–H groups in total. The van der Waals surface area contributed by atoms with E-state index in [0.717, 1.165) is 31.5 Å². The highest BCUT2D eigenvalue weighted by atomic mass is 32.2. The van der Waals surface area contributed by atoms with Crippen LogP contribution in [0.2, 0.25) is 0 Å². The maximum Gasteiger partial charge on any atom is 0.236 e. The van der Waals surface area contributed by atoms with Gasteiger partial charge in [0.25, 0.3) is 0 Å². The summed E-state index contributed by atoms with van der Waals surface area (Å²) < 4.78 is 26.5. The SMILES string of the molecule is CCN1CC[C@@H](N(C)S(=O)(=O)/C=C/c2ccccc2)C[C@H]1C. The molecule has 1 aromatic rings. The van der Waals surface area contributed by atoms with Crippen molar-refractivity contribution in [1.82, 2.24) is 9.21 Å². The van der Waals surface area contributed by atoms with Crippen molar-refractivity contribution in [2.24, 2.45) is 0 Å². The predicted molar refractivity (Wildman–Crippen MR) is 91.9 cm³/mol. The Morgan fingerprint density at radius 2 is 2.00 bits per heavy atom. The number of rotatable bonds is 5. The summed E-state index contributed by atoms with van der Waals surface area (Å²) in [5, 5.41) is 1.32. The topological polar surface area (TPSA) is 40.6 Å². The summed E-state index contributed by atoms with van der Waals surface area (Å²) in [6.07, 6.45) is 3.45. The smallest absolute Gasteiger partial charge is 0.236 e. The van der Waals surface area contributed by atoms with Crippen LogP contribution in [0.15, 0.2) is 35.7 Å². The van der Waals surface area contributed by atoms with E-state index in [-0.39, 0.29) is 6.04 Å². The molecule has 22 heavy (non-hydrogen) atoms. The standard InChI is InChI=1S/C17H26N2O2S/c1-4-19-12-10-17(14-15(19)2)18(3)22(20,21)13-11-16-8-6-5-7-9-16/h5-9,11,13,15,17H,4,10,12,14H2,1-3H3/b13-11+/t15-,17-/m1/s1. The Bertz CT molecular complexity index is 598. The first kappa shape index (κ1) is 17.2. The summed E-state index contributed by atoms with van der Waals surface area (Å²) >= 11 is 0. The Hall–Kier alpha value is -1.17. The molecule has 2 rings (SSSR count). The molecule has 0 saturated carbocycles. The van der Waals surface area contributed by atoms with Gasteiger partial charge in [0, 0.05) is 24.5 Å². The van der Waals surface area contributed by atoms with E-state index < -0.39 is 10.0 Å². The molecule has 2 atom stereocenters. The highest BCUT2D eigenvalue weighted by molar-refractivity contribution is 7.92. The van der Waals surface area contributed by atoms with Gasteiger partial charge in [-0.3, -0.25) is 0 Å². The number of likely N-dealkylation sites (tertiary alicyclic amines) is 1. The van der Waals surface area contributed by atoms with Crippen LogP contribution in [0.5, 0.6) is 0 Å². The summed E-state index contributed by atoms with van der Waals surface area (Å²) in [5.74, 6) is 0. The third-order valence-electron chi connectivity index (χ3n) is 4.54. The zero-order valence-corrected chi connectivity index (χ0v) is 14.5. The molecule has 0 radical (unpaired) electrons. The van der Waals surface area contributed by atoms with Crippen LogP contribution in [0.1, 0.15) is 32.3 Å². The number of benzene rings is 1. The van der Waals surface area contributed by atoms with Crippen LogP contribution in [0.25, 0.3) is 6.08 Å². The largest absolute Gasteiger partial charge is 0.301 e. The molecule has 1 heterocycles. The molecule has 1 aliphatic heterocycles. The lowest BCUT2D eigenvalue weighted by molar-refractivity contribution is 0.122. The van der Waals surface area contributed by atoms with Gasteiger partial charge in [0.15, 0.2) is 0 Å². The van der Waals surface area contributed by atoms with Crippen LogP contribution in [0, 0.1) is 0 Å². The van der Waals surface area contributed by atoms with Crippen molar-refractivity contribution < 1.29 is 8.42 Å². The Kier molecular flexibility index (Phi) is 5.78. The van der Waals surface area contributed by atoms with Gasteiger partial charge in [0.05, 0.1) is 0 Å². The van der Waals surface area contributed by atoms with Crippen molar-refractivity contribution in [3.8, 4) is 0 Å². The molecule has 1 aliphatic rings. The molecule has 0 bridgehead atoms. The second-order valence-corrected chi connectivity index (χ2v) is 7.81. The minimum Gasteiger partial charge on any atom is -0.301 e. The lowest BCUT2D eigenvalue weighted by Gasteiger charge is -2.39. The highest BCUT2D eigenvalue weighted by Gasteiger charge is 2.31. The van der Waals surface area contributed by atoms with Crippen LogP contribution >= 0.6 is 0 Å². The molecule has 5 heteroatoms. The van der Waals surface area contributed by atoms with Crippen molar-refractivity contribution in [3.05, 3.63) is 41.3 Å². The lowest BCUT2D eigenvalue weighted by atomic mass is 9.99. The minimum absolute atomic E-state index is 0.0863. The van der Waals surface area contributed by atoms with E-state index in [2.05, 4.69) is 18.7 Å². The first-order chi connectivity index (χ1) is 10.4. The zero-order valence-electron chi connectivity index (χ0n) is 13.6. The average Bonchev–Trinajstić information content (AvgIpc) is 2.53. The quantitative estimate of drug-likeness (QED) is 0.837. The summed E-state index contributed by atoms with van der Waals surface area (Å²) in [4.78, 5) is 2.40. The van der Waals surface area contributed by atoms with Crippen molar-refractivity contribution in [2.45, 2.75) is 38.8 Å². The molecule has 0 amide bonds. The van der Waals surface area contributed by atoms with Crippen LogP contribution in [0.3, 0.4) is 0 Å². The lowest BCUT2D eigenvalue weighted by Crippen LogP contribution is -2.48. The fourth-order valence-corrected chi connectivity index (χ4v) is 4.16. The van der Waals surface area contributed by atoms with Gasteiger partial charge in [-0.2, -0.15) is 4.31 Å². The molecule has 1 aromatic carbocycles. The predicted octanol–water partition coefficient (Wildman–Crippen LogP) is 2.79. The molecular formula is C17H26N2O2S. The molecule has 1 saturated heterocycles. The van der Waals surface area contributed by atoms with Gasteiger partial charge in [-0.05, 0) is 44.5 Å². The van der Waals surface area contributed by atoms with Gasteiger partial charge < -0.3 is 4.90 Å². The second kappa shape index (κ2) is 7.40. The van der Waals surface area contributed by atoms with Crippen LogP contribution in [0.4, 0.5) is 0 Å². The number of sulfonamides is 1.